The van der Waals surface area contributed by atoms with Gasteiger partial charge in [-0.25, -0.2) is 0 Å². The summed E-state index contributed by atoms with van der Waals surface area (Å²) in [5.41, 5.74) is 3.95. The zero-order valence-electron chi connectivity index (χ0n) is 11.3. The van der Waals surface area contributed by atoms with Crippen LogP contribution in [0.2, 0.25) is 0 Å². The lowest BCUT2D eigenvalue weighted by atomic mass is 10.2. The first-order valence-corrected chi connectivity index (χ1v) is 6.97. The smallest absolute Gasteiger partial charge is 0.0992 e. The SMILES string of the molecule is N#Cc1cccc(Nc2ccc(N3CCCC3)cc2)c1. The Morgan fingerprint density at radius 1 is 0.950 bits per heavy atom. The Bertz CT molecular complexity index is 619. The Hall–Kier alpha value is -2.47. The highest BCUT2D eigenvalue weighted by atomic mass is 15.1. The van der Waals surface area contributed by atoms with Gasteiger partial charge in [0.2, 0.25) is 0 Å². The Balaban J connectivity index is 1.73. The molecular weight excluding hydrogens is 246 g/mol. The molecule has 0 bridgehead atoms. The molecule has 1 heterocycles. The predicted molar refractivity (Wildman–Crippen MR) is 82.3 cm³/mol. The van der Waals surface area contributed by atoms with Crippen molar-refractivity contribution in [2.75, 3.05) is 23.3 Å². The highest BCUT2D eigenvalue weighted by molar-refractivity contribution is 5.64. The Morgan fingerprint density at radius 3 is 2.40 bits per heavy atom. The van der Waals surface area contributed by atoms with Crippen LogP contribution in [-0.2, 0) is 0 Å². The van der Waals surface area contributed by atoms with Crippen molar-refractivity contribution in [1.82, 2.24) is 0 Å². The lowest BCUT2D eigenvalue weighted by Gasteiger charge is -2.18. The van der Waals surface area contributed by atoms with Gasteiger partial charge >= 0.3 is 0 Å². The number of anilines is 3. The highest BCUT2D eigenvalue weighted by Crippen LogP contribution is 2.24. The van der Waals surface area contributed by atoms with Crippen molar-refractivity contribution >= 4 is 17.1 Å². The maximum atomic E-state index is 8.90. The molecule has 1 aliphatic rings. The van der Waals surface area contributed by atoms with E-state index < -0.39 is 0 Å². The largest absolute Gasteiger partial charge is 0.372 e. The van der Waals surface area contributed by atoms with E-state index in [1.54, 1.807) is 0 Å². The molecule has 1 aliphatic heterocycles. The van der Waals surface area contributed by atoms with E-state index in [1.807, 2.05) is 24.3 Å². The molecule has 0 spiro atoms. The number of hydrogen-bond donors (Lipinski definition) is 1. The molecule has 0 unspecified atom stereocenters. The zero-order chi connectivity index (χ0) is 13.8. The highest BCUT2D eigenvalue weighted by Gasteiger charge is 2.11. The van der Waals surface area contributed by atoms with E-state index in [9.17, 15) is 0 Å². The van der Waals surface area contributed by atoms with Gasteiger partial charge in [0, 0.05) is 30.2 Å². The summed E-state index contributed by atoms with van der Waals surface area (Å²) in [6.07, 6.45) is 2.59. The molecule has 3 heteroatoms. The molecule has 100 valence electrons. The Labute approximate surface area is 119 Å². The van der Waals surface area contributed by atoms with E-state index in [0.29, 0.717) is 5.56 Å². The third-order valence-corrected chi connectivity index (χ3v) is 3.62. The van der Waals surface area contributed by atoms with E-state index in [0.717, 1.165) is 24.5 Å². The van der Waals surface area contributed by atoms with Crippen LogP contribution in [0.1, 0.15) is 18.4 Å². The second-order valence-electron chi connectivity index (χ2n) is 5.06. The van der Waals surface area contributed by atoms with Gasteiger partial charge in [-0.05, 0) is 55.3 Å². The van der Waals surface area contributed by atoms with Gasteiger partial charge < -0.3 is 10.2 Å². The Kier molecular flexibility index (Phi) is 3.56. The van der Waals surface area contributed by atoms with Crippen LogP contribution in [0.25, 0.3) is 0 Å². The van der Waals surface area contributed by atoms with Gasteiger partial charge in [0.05, 0.1) is 11.6 Å². The average molecular weight is 263 g/mol. The topological polar surface area (TPSA) is 39.1 Å². The maximum Gasteiger partial charge on any atom is 0.0992 e. The molecule has 0 radical (unpaired) electrons. The van der Waals surface area contributed by atoms with Crippen molar-refractivity contribution in [3.8, 4) is 6.07 Å². The first kappa shape index (κ1) is 12.6. The fourth-order valence-corrected chi connectivity index (χ4v) is 2.56. The van der Waals surface area contributed by atoms with Crippen LogP contribution in [0, 0.1) is 11.3 Å². The molecule has 2 aromatic rings. The van der Waals surface area contributed by atoms with Gasteiger partial charge in [0.25, 0.3) is 0 Å². The molecule has 3 rings (SSSR count). The van der Waals surface area contributed by atoms with E-state index in [2.05, 4.69) is 40.6 Å². The molecule has 2 aromatic carbocycles. The number of benzene rings is 2. The summed E-state index contributed by atoms with van der Waals surface area (Å²) >= 11 is 0. The van der Waals surface area contributed by atoms with E-state index >= 15 is 0 Å². The standard InChI is InChI=1S/C17H17N3/c18-13-14-4-3-5-16(12-14)19-15-6-8-17(9-7-15)20-10-1-2-11-20/h3-9,12,19H,1-2,10-11H2. The summed E-state index contributed by atoms with van der Waals surface area (Å²) in [5.74, 6) is 0. The molecule has 20 heavy (non-hydrogen) atoms. The maximum absolute atomic E-state index is 8.90. The van der Waals surface area contributed by atoms with Crippen molar-refractivity contribution < 1.29 is 0 Å². The molecule has 1 N–H and O–H groups in total. The molecule has 3 nitrogen and oxygen atoms in total. The number of rotatable bonds is 3. The number of nitrogens with zero attached hydrogens (tertiary/aromatic N) is 2. The molecule has 0 aromatic heterocycles. The molecule has 1 fully saturated rings. The minimum absolute atomic E-state index is 0.670. The van der Waals surface area contributed by atoms with Crippen LogP contribution in [0.15, 0.2) is 48.5 Å². The monoisotopic (exact) mass is 263 g/mol. The minimum Gasteiger partial charge on any atom is -0.372 e. The van der Waals surface area contributed by atoms with E-state index in [1.165, 1.54) is 18.5 Å². The van der Waals surface area contributed by atoms with Crippen LogP contribution in [-0.4, -0.2) is 13.1 Å². The molecule has 0 atom stereocenters. The van der Waals surface area contributed by atoms with Gasteiger partial charge in [-0.15, -0.1) is 0 Å². The van der Waals surface area contributed by atoms with Crippen molar-refractivity contribution in [1.29, 1.82) is 5.26 Å². The fraction of sp³-hybridized carbons (Fsp3) is 0.235. The lowest BCUT2D eigenvalue weighted by Crippen LogP contribution is -2.17. The van der Waals surface area contributed by atoms with Crippen LogP contribution in [0.5, 0.6) is 0 Å². The molecular formula is C17H17N3. The second kappa shape index (κ2) is 5.66. The van der Waals surface area contributed by atoms with Crippen molar-refractivity contribution in [3.05, 3.63) is 54.1 Å². The van der Waals surface area contributed by atoms with Gasteiger partial charge in [-0.2, -0.15) is 5.26 Å². The summed E-state index contributed by atoms with van der Waals surface area (Å²) in [6, 6.07) is 18.2. The van der Waals surface area contributed by atoms with Crippen LogP contribution < -0.4 is 10.2 Å². The van der Waals surface area contributed by atoms with Crippen molar-refractivity contribution in [3.63, 3.8) is 0 Å². The summed E-state index contributed by atoms with van der Waals surface area (Å²) in [5, 5.41) is 12.2. The lowest BCUT2D eigenvalue weighted by molar-refractivity contribution is 0.949. The first-order valence-electron chi connectivity index (χ1n) is 6.97. The van der Waals surface area contributed by atoms with Crippen molar-refractivity contribution in [2.24, 2.45) is 0 Å². The van der Waals surface area contributed by atoms with E-state index in [4.69, 9.17) is 5.26 Å². The summed E-state index contributed by atoms with van der Waals surface area (Å²) in [4.78, 5) is 2.42. The zero-order valence-corrected chi connectivity index (χ0v) is 11.3. The van der Waals surface area contributed by atoms with Crippen LogP contribution in [0.4, 0.5) is 17.1 Å². The van der Waals surface area contributed by atoms with Crippen LogP contribution in [0.3, 0.4) is 0 Å². The minimum atomic E-state index is 0.670. The Morgan fingerprint density at radius 2 is 1.70 bits per heavy atom. The van der Waals surface area contributed by atoms with Gasteiger partial charge in [-0.1, -0.05) is 6.07 Å². The van der Waals surface area contributed by atoms with Gasteiger partial charge in [0.1, 0.15) is 0 Å². The summed E-state index contributed by atoms with van der Waals surface area (Å²) < 4.78 is 0. The first-order chi connectivity index (χ1) is 9.85. The molecule has 0 amide bonds. The average Bonchev–Trinajstić information content (AvgIpc) is 3.02. The predicted octanol–water partition coefficient (Wildman–Crippen LogP) is 3.90. The third-order valence-electron chi connectivity index (χ3n) is 3.62. The normalized spacial score (nSPS) is 14.1. The molecule has 0 aliphatic carbocycles. The molecule has 1 saturated heterocycles. The van der Waals surface area contributed by atoms with Crippen LogP contribution >= 0.6 is 0 Å². The van der Waals surface area contributed by atoms with E-state index in [-0.39, 0.29) is 0 Å². The van der Waals surface area contributed by atoms with Gasteiger partial charge in [-0.3, -0.25) is 0 Å². The van der Waals surface area contributed by atoms with Crippen molar-refractivity contribution in [2.45, 2.75) is 12.8 Å². The summed E-state index contributed by atoms with van der Waals surface area (Å²) in [7, 11) is 0. The quantitative estimate of drug-likeness (QED) is 0.912. The number of hydrogen-bond acceptors (Lipinski definition) is 3. The molecule has 0 saturated carbocycles. The number of nitriles is 1. The summed E-state index contributed by atoms with van der Waals surface area (Å²) in [6.45, 7) is 2.33. The fourth-order valence-electron chi connectivity index (χ4n) is 2.56. The third kappa shape index (κ3) is 2.75. The van der Waals surface area contributed by atoms with Gasteiger partial charge in [0.15, 0.2) is 0 Å². The number of nitrogens with one attached hydrogen (secondary N) is 1. The second-order valence-corrected chi connectivity index (χ2v) is 5.06.